The molecule has 0 fully saturated rings. The topological polar surface area (TPSA) is 58.2 Å². The molecule has 0 saturated carbocycles. The molecular formula is C14H22N2O2S. The Labute approximate surface area is 115 Å². The van der Waals surface area contributed by atoms with Crippen molar-refractivity contribution >= 4 is 10.0 Å². The van der Waals surface area contributed by atoms with E-state index >= 15 is 0 Å². The molecule has 4 nitrogen and oxygen atoms in total. The van der Waals surface area contributed by atoms with E-state index in [1.54, 1.807) is 6.07 Å². The molecule has 0 radical (unpaired) electrons. The Morgan fingerprint density at radius 1 is 1.37 bits per heavy atom. The fraction of sp³-hybridized carbons (Fsp3) is 0.571. The molecule has 2 rings (SSSR count). The van der Waals surface area contributed by atoms with Crippen LogP contribution in [0.1, 0.15) is 38.3 Å². The minimum absolute atomic E-state index is 0.422. The van der Waals surface area contributed by atoms with Crippen LogP contribution in [0.2, 0.25) is 0 Å². The zero-order valence-corrected chi connectivity index (χ0v) is 12.6. The average molecular weight is 282 g/mol. The molecule has 2 N–H and O–H groups in total. The molecule has 0 aromatic heterocycles. The van der Waals surface area contributed by atoms with Gasteiger partial charge in [-0.15, -0.1) is 0 Å². The lowest BCUT2D eigenvalue weighted by Crippen LogP contribution is -2.43. The summed E-state index contributed by atoms with van der Waals surface area (Å²) < 4.78 is 27.9. The van der Waals surface area contributed by atoms with Gasteiger partial charge in [-0.05, 0) is 50.4 Å². The van der Waals surface area contributed by atoms with Crippen molar-refractivity contribution in [3.05, 3.63) is 29.3 Å². The number of benzene rings is 1. The van der Waals surface area contributed by atoms with E-state index in [1.807, 2.05) is 32.9 Å². The van der Waals surface area contributed by atoms with Crippen molar-refractivity contribution in [2.24, 2.45) is 0 Å². The zero-order chi connectivity index (χ0) is 14.1. The van der Waals surface area contributed by atoms with Crippen LogP contribution < -0.4 is 10.0 Å². The second-order valence-electron chi connectivity index (χ2n) is 5.66. The summed E-state index contributed by atoms with van der Waals surface area (Å²) in [5.41, 5.74) is 1.62. The first kappa shape index (κ1) is 14.5. The average Bonchev–Trinajstić information content (AvgIpc) is 2.37. The van der Waals surface area contributed by atoms with E-state index in [2.05, 4.69) is 10.0 Å². The molecule has 1 aromatic carbocycles. The monoisotopic (exact) mass is 282 g/mol. The number of rotatable bonds is 4. The first-order valence-corrected chi connectivity index (χ1v) is 8.19. The Balaban J connectivity index is 2.41. The van der Waals surface area contributed by atoms with Gasteiger partial charge in [0.25, 0.3) is 0 Å². The zero-order valence-electron chi connectivity index (χ0n) is 11.8. The van der Waals surface area contributed by atoms with Crippen molar-refractivity contribution in [3.63, 3.8) is 0 Å². The minimum Gasteiger partial charge on any atom is -0.312 e. The van der Waals surface area contributed by atoms with Gasteiger partial charge in [-0.25, -0.2) is 13.1 Å². The largest absolute Gasteiger partial charge is 0.312 e. The second-order valence-corrected chi connectivity index (χ2v) is 7.31. The van der Waals surface area contributed by atoms with Crippen LogP contribution in [0.15, 0.2) is 23.1 Å². The standard InChI is InChI=1S/C14H22N2O2S/c1-4-14(2,3)16-19(17,18)13-7-5-6-11-10-15-9-8-12(11)13/h5-7,15-16H,4,8-10H2,1-3H3. The summed E-state index contributed by atoms with van der Waals surface area (Å²) in [7, 11) is -3.45. The van der Waals surface area contributed by atoms with Gasteiger partial charge in [-0.1, -0.05) is 19.1 Å². The SMILES string of the molecule is CCC(C)(C)NS(=O)(=O)c1cccc2c1CCNC2. The van der Waals surface area contributed by atoms with Gasteiger partial charge in [-0.3, -0.25) is 0 Å². The third-order valence-corrected chi connectivity index (χ3v) is 5.46. The number of hydrogen-bond acceptors (Lipinski definition) is 3. The third-order valence-electron chi connectivity index (χ3n) is 3.68. The van der Waals surface area contributed by atoms with Gasteiger partial charge in [0.1, 0.15) is 0 Å². The highest BCUT2D eigenvalue weighted by Gasteiger charge is 2.27. The van der Waals surface area contributed by atoms with Crippen molar-refractivity contribution in [3.8, 4) is 0 Å². The molecule has 1 aliphatic rings. The highest BCUT2D eigenvalue weighted by molar-refractivity contribution is 7.89. The van der Waals surface area contributed by atoms with Crippen LogP contribution in [-0.4, -0.2) is 20.5 Å². The van der Waals surface area contributed by atoms with Gasteiger partial charge in [0.05, 0.1) is 4.90 Å². The minimum atomic E-state index is -3.45. The van der Waals surface area contributed by atoms with Gasteiger partial charge in [-0.2, -0.15) is 0 Å². The van der Waals surface area contributed by atoms with Crippen molar-refractivity contribution in [2.75, 3.05) is 6.54 Å². The predicted octanol–water partition coefficient (Wildman–Crippen LogP) is 1.80. The first-order valence-electron chi connectivity index (χ1n) is 6.71. The fourth-order valence-electron chi connectivity index (χ4n) is 2.24. The molecule has 1 heterocycles. The molecule has 1 aromatic rings. The lowest BCUT2D eigenvalue weighted by molar-refractivity contribution is 0.439. The molecule has 1 aliphatic heterocycles. The highest BCUT2D eigenvalue weighted by Crippen LogP contribution is 2.24. The molecule has 0 aliphatic carbocycles. The van der Waals surface area contributed by atoms with E-state index in [0.29, 0.717) is 4.90 Å². The van der Waals surface area contributed by atoms with E-state index in [9.17, 15) is 8.42 Å². The van der Waals surface area contributed by atoms with Crippen LogP contribution in [0, 0.1) is 0 Å². The van der Waals surface area contributed by atoms with Gasteiger partial charge >= 0.3 is 0 Å². The molecule has 0 atom stereocenters. The molecule has 19 heavy (non-hydrogen) atoms. The molecular weight excluding hydrogens is 260 g/mol. The van der Waals surface area contributed by atoms with Crippen molar-refractivity contribution in [1.82, 2.24) is 10.0 Å². The molecule has 0 amide bonds. The maximum Gasteiger partial charge on any atom is 0.241 e. The van der Waals surface area contributed by atoms with E-state index in [-0.39, 0.29) is 0 Å². The number of fused-ring (bicyclic) bond motifs is 1. The number of hydrogen-bond donors (Lipinski definition) is 2. The molecule has 0 unspecified atom stereocenters. The molecule has 5 heteroatoms. The van der Waals surface area contributed by atoms with Crippen LogP contribution in [-0.2, 0) is 23.0 Å². The Hall–Kier alpha value is -0.910. The van der Waals surface area contributed by atoms with Crippen LogP contribution in [0.4, 0.5) is 0 Å². The number of sulfonamides is 1. The number of nitrogens with one attached hydrogen (secondary N) is 2. The smallest absolute Gasteiger partial charge is 0.241 e. The van der Waals surface area contributed by atoms with Crippen LogP contribution >= 0.6 is 0 Å². The first-order chi connectivity index (χ1) is 8.86. The van der Waals surface area contributed by atoms with E-state index < -0.39 is 15.6 Å². The summed E-state index contributed by atoms with van der Waals surface area (Å²) in [5.74, 6) is 0. The molecule has 0 spiro atoms. The summed E-state index contributed by atoms with van der Waals surface area (Å²) in [6.45, 7) is 7.36. The quantitative estimate of drug-likeness (QED) is 0.885. The Kier molecular flexibility index (Phi) is 3.99. The van der Waals surface area contributed by atoms with Crippen LogP contribution in [0.5, 0.6) is 0 Å². The molecule has 0 saturated heterocycles. The summed E-state index contributed by atoms with van der Waals surface area (Å²) in [6, 6.07) is 5.52. The van der Waals surface area contributed by atoms with Gasteiger partial charge in [0.2, 0.25) is 10.0 Å². The summed E-state index contributed by atoms with van der Waals surface area (Å²) in [5, 5.41) is 3.26. The summed E-state index contributed by atoms with van der Waals surface area (Å²) in [4.78, 5) is 0.438. The lowest BCUT2D eigenvalue weighted by Gasteiger charge is -2.26. The van der Waals surface area contributed by atoms with E-state index in [4.69, 9.17) is 0 Å². The Morgan fingerprint density at radius 2 is 2.11 bits per heavy atom. The fourth-order valence-corrected chi connectivity index (χ4v) is 4.04. The predicted molar refractivity (Wildman–Crippen MR) is 76.5 cm³/mol. The third kappa shape index (κ3) is 3.16. The van der Waals surface area contributed by atoms with Crippen LogP contribution in [0.25, 0.3) is 0 Å². The summed E-state index contributed by atoms with van der Waals surface area (Å²) in [6.07, 6.45) is 1.52. The molecule has 0 bridgehead atoms. The Bertz CT molecular complexity index is 565. The van der Waals surface area contributed by atoms with E-state index in [0.717, 1.165) is 37.1 Å². The lowest BCUT2D eigenvalue weighted by atomic mass is 10.0. The maximum atomic E-state index is 12.5. The van der Waals surface area contributed by atoms with Crippen molar-refractivity contribution in [1.29, 1.82) is 0 Å². The van der Waals surface area contributed by atoms with E-state index in [1.165, 1.54) is 0 Å². The van der Waals surface area contributed by atoms with Crippen molar-refractivity contribution in [2.45, 2.75) is 50.6 Å². The van der Waals surface area contributed by atoms with Crippen LogP contribution in [0.3, 0.4) is 0 Å². The second kappa shape index (κ2) is 5.23. The Morgan fingerprint density at radius 3 is 2.79 bits per heavy atom. The van der Waals surface area contributed by atoms with Gasteiger partial charge in [0, 0.05) is 12.1 Å². The summed E-state index contributed by atoms with van der Waals surface area (Å²) >= 11 is 0. The van der Waals surface area contributed by atoms with Gasteiger partial charge < -0.3 is 5.32 Å². The van der Waals surface area contributed by atoms with Gasteiger partial charge in [0.15, 0.2) is 0 Å². The maximum absolute atomic E-state index is 12.5. The molecule has 106 valence electrons. The van der Waals surface area contributed by atoms with Crippen molar-refractivity contribution < 1.29 is 8.42 Å². The normalized spacial score (nSPS) is 16.2. The highest BCUT2D eigenvalue weighted by atomic mass is 32.2.